The van der Waals surface area contributed by atoms with Gasteiger partial charge >= 0.3 is 6.03 Å². The monoisotopic (exact) mass is 340 g/mol. The number of ether oxygens (including phenoxy) is 1. The summed E-state index contributed by atoms with van der Waals surface area (Å²) in [6.07, 6.45) is 1.60. The predicted octanol–water partition coefficient (Wildman–Crippen LogP) is 0.179. The number of likely N-dealkylation sites (N-methyl/N-ethyl adjacent to an activating group) is 1. The molecule has 1 atom stereocenters. The molecule has 1 aromatic rings. The molecule has 1 heterocycles. The van der Waals surface area contributed by atoms with Gasteiger partial charge in [0.2, 0.25) is 5.91 Å². The zero-order valence-corrected chi connectivity index (χ0v) is 15.3. The molecule has 24 heavy (non-hydrogen) atoms. The molecular formula is C15H28N6O3. The maximum atomic E-state index is 12.4. The van der Waals surface area contributed by atoms with Crippen molar-refractivity contribution in [2.24, 2.45) is 5.92 Å². The van der Waals surface area contributed by atoms with Crippen LogP contribution >= 0.6 is 0 Å². The quantitative estimate of drug-likeness (QED) is 0.729. The Kier molecular flexibility index (Phi) is 7.63. The topological polar surface area (TPSA) is 92.6 Å². The van der Waals surface area contributed by atoms with Crippen molar-refractivity contribution in [3.63, 3.8) is 0 Å². The van der Waals surface area contributed by atoms with Crippen molar-refractivity contribution in [1.29, 1.82) is 0 Å². The molecule has 1 aromatic heterocycles. The molecule has 0 fully saturated rings. The minimum Gasteiger partial charge on any atom is -0.383 e. The third-order valence-corrected chi connectivity index (χ3v) is 3.61. The van der Waals surface area contributed by atoms with E-state index in [1.165, 1.54) is 9.80 Å². The highest BCUT2D eigenvalue weighted by Crippen LogP contribution is 2.07. The Morgan fingerprint density at radius 3 is 2.54 bits per heavy atom. The first-order chi connectivity index (χ1) is 11.3. The number of nitrogens with one attached hydrogen (secondary N) is 1. The van der Waals surface area contributed by atoms with Crippen molar-refractivity contribution in [1.82, 2.24) is 29.9 Å². The van der Waals surface area contributed by atoms with Gasteiger partial charge in [0.05, 0.1) is 13.2 Å². The average molecular weight is 340 g/mol. The molecule has 0 spiro atoms. The number of carbonyl (C=O) groups is 2. The molecule has 3 amide bonds. The molecular weight excluding hydrogens is 312 g/mol. The molecule has 0 bridgehead atoms. The maximum absolute atomic E-state index is 12.4. The van der Waals surface area contributed by atoms with E-state index in [4.69, 9.17) is 4.74 Å². The summed E-state index contributed by atoms with van der Waals surface area (Å²) in [7, 11) is 6.62. The summed E-state index contributed by atoms with van der Waals surface area (Å²) in [4.78, 5) is 27.5. The second kappa shape index (κ2) is 9.21. The summed E-state index contributed by atoms with van der Waals surface area (Å²) >= 11 is 0. The molecule has 1 N–H and O–H groups in total. The van der Waals surface area contributed by atoms with Crippen LogP contribution in [0, 0.1) is 5.92 Å². The van der Waals surface area contributed by atoms with Gasteiger partial charge in [-0.25, -0.2) is 4.79 Å². The molecule has 0 aliphatic rings. The minimum absolute atomic E-state index is 0.0115. The van der Waals surface area contributed by atoms with Gasteiger partial charge in [0.25, 0.3) is 0 Å². The van der Waals surface area contributed by atoms with Gasteiger partial charge in [-0.05, 0) is 5.92 Å². The molecule has 136 valence electrons. The molecule has 9 heteroatoms. The lowest BCUT2D eigenvalue weighted by Crippen LogP contribution is -2.52. The summed E-state index contributed by atoms with van der Waals surface area (Å²) in [5.41, 5.74) is 0. The van der Waals surface area contributed by atoms with E-state index >= 15 is 0 Å². The van der Waals surface area contributed by atoms with Crippen molar-refractivity contribution in [2.45, 2.75) is 33.0 Å². The van der Waals surface area contributed by atoms with Crippen LogP contribution in [0.2, 0.25) is 0 Å². The van der Waals surface area contributed by atoms with Crippen molar-refractivity contribution < 1.29 is 14.3 Å². The Hall–Kier alpha value is -2.16. The van der Waals surface area contributed by atoms with E-state index in [2.05, 4.69) is 15.5 Å². The third-order valence-electron chi connectivity index (χ3n) is 3.61. The summed E-state index contributed by atoms with van der Waals surface area (Å²) in [6.45, 7) is 5.23. The number of rotatable bonds is 8. The number of hydrogen-bond donors (Lipinski definition) is 1. The molecule has 0 aromatic carbocycles. The van der Waals surface area contributed by atoms with Crippen LogP contribution in [-0.4, -0.2) is 77.4 Å². The van der Waals surface area contributed by atoms with Gasteiger partial charge in [-0.15, -0.1) is 10.2 Å². The molecule has 0 aliphatic heterocycles. The van der Waals surface area contributed by atoms with Crippen molar-refractivity contribution in [2.75, 3.05) is 34.9 Å². The maximum Gasteiger partial charge on any atom is 0.318 e. The fourth-order valence-corrected chi connectivity index (χ4v) is 2.10. The Morgan fingerprint density at radius 1 is 1.33 bits per heavy atom. The molecule has 0 saturated heterocycles. The molecule has 0 unspecified atom stereocenters. The van der Waals surface area contributed by atoms with Crippen LogP contribution in [0.5, 0.6) is 0 Å². The third kappa shape index (κ3) is 5.48. The highest BCUT2D eigenvalue weighted by Gasteiger charge is 2.27. The SMILES string of the molecule is COCCn1cnnc1CN(C)C(=O)N[C@H](C(=O)N(C)C)C(C)C. The van der Waals surface area contributed by atoms with E-state index in [1.807, 2.05) is 18.4 Å². The number of urea groups is 1. The first kappa shape index (κ1) is 19.9. The van der Waals surface area contributed by atoms with E-state index in [1.54, 1.807) is 34.6 Å². The Morgan fingerprint density at radius 2 is 2.00 bits per heavy atom. The van der Waals surface area contributed by atoms with Gasteiger partial charge in [0.15, 0.2) is 5.82 Å². The highest BCUT2D eigenvalue weighted by molar-refractivity contribution is 5.86. The summed E-state index contributed by atoms with van der Waals surface area (Å²) in [6, 6.07) is -0.897. The lowest BCUT2D eigenvalue weighted by molar-refractivity contribution is -0.131. The number of hydrogen-bond acceptors (Lipinski definition) is 5. The Bertz CT molecular complexity index is 543. The van der Waals surface area contributed by atoms with E-state index < -0.39 is 6.04 Å². The molecule has 1 rings (SSSR count). The molecule has 9 nitrogen and oxygen atoms in total. The minimum atomic E-state index is -0.568. The smallest absolute Gasteiger partial charge is 0.318 e. The zero-order chi connectivity index (χ0) is 18.3. The fraction of sp³-hybridized carbons (Fsp3) is 0.733. The molecule has 0 saturated carbocycles. The van der Waals surface area contributed by atoms with Gasteiger partial charge < -0.3 is 24.4 Å². The number of amides is 3. The predicted molar refractivity (Wildman–Crippen MR) is 89.2 cm³/mol. The second-order valence-corrected chi connectivity index (χ2v) is 6.19. The van der Waals surface area contributed by atoms with Crippen LogP contribution in [0.15, 0.2) is 6.33 Å². The van der Waals surface area contributed by atoms with E-state index in [9.17, 15) is 9.59 Å². The van der Waals surface area contributed by atoms with Crippen molar-refractivity contribution in [3.8, 4) is 0 Å². The second-order valence-electron chi connectivity index (χ2n) is 6.19. The number of nitrogens with zero attached hydrogens (tertiary/aromatic N) is 5. The van der Waals surface area contributed by atoms with Crippen LogP contribution in [0.4, 0.5) is 4.79 Å². The van der Waals surface area contributed by atoms with E-state index in [0.29, 0.717) is 19.0 Å². The lowest BCUT2D eigenvalue weighted by atomic mass is 10.0. The first-order valence-corrected chi connectivity index (χ1v) is 7.86. The van der Waals surface area contributed by atoms with Crippen molar-refractivity contribution >= 4 is 11.9 Å². The van der Waals surface area contributed by atoms with Crippen LogP contribution in [0.3, 0.4) is 0 Å². The van der Waals surface area contributed by atoms with Crippen LogP contribution in [0.25, 0.3) is 0 Å². The molecule has 0 radical (unpaired) electrons. The number of carbonyl (C=O) groups excluding carboxylic acids is 2. The zero-order valence-electron chi connectivity index (χ0n) is 15.3. The fourth-order valence-electron chi connectivity index (χ4n) is 2.10. The summed E-state index contributed by atoms with van der Waals surface area (Å²) in [5.74, 6) is 0.516. The summed E-state index contributed by atoms with van der Waals surface area (Å²) in [5, 5.41) is 10.7. The normalized spacial score (nSPS) is 12.1. The molecule has 0 aliphatic carbocycles. The lowest BCUT2D eigenvalue weighted by Gasteiger charge is -2.27. The number of aromatic nitrogens is 3. The van der Waals surface area contributed by atoms with Crippen molar-refractivity contribution in [3.05, 3.63) is 12.2 Å². The first-order valence-electron chi connectivity index (χ1n) is 7.86. The van der Waals surface area contributed by atoms with E-state index in [-0.39, 0.29) is 24.4 Å². The highest BCUT2D eigenvalue weighted by atomic mass is 16.5. The van der Waals surface area contributed by atoms with Gasteiger partial charge in [-0.3, -0.25) is 4.79 Å². The largest absolute Gasteiger partial charge is 0.383 e. The van der Waals surface area contributed by atoms with Gasteiger partial charge in [0.1, 0.15) is 12.4 Å². The van der Waals surface area contributed by atoms with Crippen LogP contribution in [0.1, 0.15) is 19.7 Å². The average Bonchev–Trinajstić information content (AvgIpc) is 2.96. The Balaban J connectivity index is 2.70. The van der Waals surface area contributed by atoms with Crippen LogP contribution in [-0.2, 0) is 22.6 Å². The standard InChI is InChI=1S/C15H28N6O3/c1-11(2)13(14(22)19(3)4)17-15(23)20(5)9-12-18-16-10-21(12)7-8-24-6/h10-11,13H,7-9H2,1-6H3,(H,17,23)/t13-/m0/s1. The van der Waals surface area contributed by atoms with Gasteiger partial charge in [0, 0.05) is 34.8 Å². The van der Waals surface area contributed by atoms with Crippen LogP contribution < -0.4 is 5.32 Å². The van der Waals surface area contributed by atoms with E-state index in [0.717, 1.165) is 0 Å². The van der Waals surface area contributed by atoms with Gasteiger partial charge in [-0.2, -0.15) is 0 Å². The van der Waals surface area contributed by atoms with Gasteiger partial charge in [-0.1, -0.05) is 13.8 Å². The Labute approximate surface area is 143 Å². The summed E-state index contributed by atoms with van der Waals surface area (Å²) < 4.78 is 6.87. The number of methoxy groups -OCH3 is 1.